The van der Waals surface area contributed by atoms with Crippen LogP contribution >= 0.6 is 11.8 Å². The zero-order chi connectivity index (χ0) is 23.3. The van der Waals surface area contributed by atoms with Gasteiger partial charge in [-0.3, -0.25) is 14.5 Å². The molecule has 1 aliphatic rings. The number of aryl methyl sites for hydroxylation is 4. The van der Waals surface area contributed by atoms with Crippen molar-refractivity contribution in [3.8, 4) is 6.07 Å². The highest BCUT2D eigenvalue weighted by Crippen LogP contribution is 2.23. The first kappa shape index (κ1) is 23.7. The Morgan fingerprint density at radius 1 is 1.09 bits per heavy atom. The Labute approximate surface area is 193 Å². The first-order chi connectivity index (χ1) is 15.3. The van der Waals surface area contributed by atoms with Crippen LogP contribution in [0, 0.1) is 39.0 Å². The molecule has 9 heteroatoms. The van der Waals surface area contributed by atoms with Crippen LogP contribution in [0.15, 0.2) is 23.2 Å². The maximum absolute atomic E-state index is 12.7. The van der Waals surface area contributed by atoms with Crippen molar-refractivity contribution in [3.05, 3.63) is 46.4 Å². The number of nitrogens with one attached hydrogen (secondary N) is 1. The van der Waals surface area contributed by atoms with Gasteiger partial charge in [0.25, 0.3) is 0 Å². The van der Waals surface area contributed by atoms with Crippen molar-refractivity contribution >= 4 is 29.3 Å². The van der Waals surface area contributed by atoms with Crippen molar-refractivity contribution in [2.24, 2.45) is 0 Å². The van der Waals surface area contributed by atoms with Crippen LogP contribution in [0.3, 0.4) is 0 Å². The highest BCUT2D eigenvalue weighted by atomic mass is 32.2. The normalized spacial score (nSPS) is 14.2. The van der Waals surface area contributed by atoms with Gasteiger partial charge in [-0.2, -0.15) is 5.26 Å². The zero-order valence-corrected chi connectivity index (χ0v) is 19.8. The van der Waals surface area contributed by atoms with Crippen LogP contribution in [-0.4, -0.2) is 70.1 Å². The van der Waals surface area contributed by atoms with Gasteiger partial charge in [0.05, 0.1) is 18.0 Å². The molecule has 8 nitrogen and oxygen atoms in total. The summed E-state index contributed by atoms with van der Waals surface area (Å²) in [5, 5.41) is 12.9. The molecule has 1 aromatic carbocycles. The standard InChI is InChI=1S/C23H28N6O2S/c1-15-6-5-7-16(2)22(15)27-20(30)13-28-8-10-29(11-9-28)21(31)14-32-23-19(12-24)17(3)25-18(4)26-23/h5-7H,8-11,13-14H2,1-4H3,(H,27,30). The van der Waals surface area contributed by atoms with E-state index in [0.29, 0.717) is 54.8 Å². The summed E-state index contributed by atoms with van der Waals surface area (Å²) >= 11 is 1.27. The second kappa shape index (κ2) is 10.6. The molecule has 32 heavy (non-hydrogen) atoms. The van der Waals surface area contributed by atoms with E-state index in [-0.39, 0.29) is 17.6 Å². The van der Waals surface area contributed by atoms with Gasteiger partial charge in [-0.1, -0.05) is 30.0 Å². The number of para-hydroxylation sites is 1. The first-order valence-corrected chi connectivity index (χ1v) is 11.5. The molecule has 0 saturated carbocycles. The van der Waals surface area contributed by atoms with Gasteiger partial charge in [-0.05, 0) is 38.8 Å². The van der Waals surface area contributed by atoms with Crippen LogP contribution in [0.1, 0.15) is 28.2 Å². The summed E-state index contributed by atoms with van der Waals surface area (Å²) in [6.07, 6.45) is 0. The third-order valence-electron chi connectivity index (χ3n) is 5.45. The highest BCUT2D eigenvalue weighted by molar-refractivity contribution is 8.00. The molecular weight excluding hydrogens is 424 g/mol. The fourth-order valence-corrected chi connectivity index (χ4v) is 4.66. The van der Waals surface area contributed by atoms with Gasteiger partial charge in [-0.25, -0.2) is 9.97 Å². The number of nitrogens with zero attached hydrogens (tertiary/aromatic N) is 5. The third kappa shape index (κ3) is 5.84. The second-order valence-corrected chi connectivity index (χ2v) is 8.87. The molecule has 1 aliphatic heterocycles. The Kier molecular flexibility index (Phi) is 7.83. The van der Waals surface area contributed by atoms with E-state index in [0.717, 1.165) is 16.8 Å². The van der Waals surface area contributed by atoms with E-state index < -0.39 is 0 Å². The van der Waals surface area contributed by atoms with Gasteiger partial charge in [0.15, 0.2) is 0 Å². The molecule has 1 aromatic heterocycles. The van der Waals surface area contributed by atoms with Crippen LogP contribution in [0.2, 0.25) is 0 Å². The molecular formula is C23H28N6O2S. The van der Waals surface area contributed by atoms with Crippen molar-refractivity contribution in [2.45, 2.75) is 32.7 Å². The van der Waals surface area contributed by atoms with Crippen molar-refractivity contribution in [1.29, 1.82) is 5.26 Å². The number of carbonyl (C=O) groups excluding carboxylic acids is 2. The Balaban J connectivity index is 1.48. The minimum Gasteiger partial charge on any atom is -0.339 e. The fraction of sp³-hybridized carbons (Fsp3) is 0.435. The van der Waals surface area contributed by atoms with Crippen LogP contribution in [0.4, 0.5) is 5.69 Å². The molecule has 2 amide bonds. The van der Waals surface area contributed by atoms with E-state index in [1.165, 1.54) is 11.8 Å². The maximum atomic E-state index is 12.7. The van der Waals surface area contributed by atoms with E-state index >= 15 is 0 Å². The van der Waals surface area contributed by atoms with Gasteiger partial charge in [0, 0.05) is 31.9 Å². The molecule has 0 bridgehead atoms. The summed E-state index contributed by atoms with van der Waals surface area (Å²) in [6, 6.07) is 8.06. The second-order valence-electron chi connectivity index (χ2n) is 7.91. The molecule has 2 heterocycles. The molecule has 0 spiro atoms. The van der Waals surface area contributed by atoms with Crippen LogP contribution in [-0.2, 0) is 9.59 Å². The largest absolute Gasteiger partial charge is 0.339 e. The third-order valence-corrected chi connectivity index (χ3v) is 6.41. The van der Waals surface area contributed by atoms with Crippen molar-refractivity contribution in [3.63, 3.8) is 0 Å². The number of hydrogen-bond acceptors (Lipinski definition) is 7. The van der Waals surface area contributed by atoms with E-state index in [4.69, 9.17) is 0 Å². The van der Waals surface area contributed by atoms with E-state index in [9.17, 15) is 14.9 Å². The number of piperazine rings is 1. The number of hydrogen-bond donors (Lipinski definition) is 1. The average Bonchev–Trinajstić information content (AvgIpc) is 2.75. The Morgan fingerprint density at radius 3 is 2.38 bits per heavy atom. The number of benzene rings is 1. The number of nitriles is 1. The van der Waals surface area contributed by atoms with Crippen molar-refractivity contribution in [1.82, 2.24) is 19.8 Å². The van der Waals surface area contributed by atoms with E-state index in [1.807, 2.05) is 32.0 Å². The number of anilines is 1. The average molecular weight is 453 g/mol. The molecule has 168 valence electrons. The minimum absolute atomic E-state index is 0.00689. The Hall–Kier alpha value is -2.96. The lowest BCUT2D eigenvalue weighted by atomic mass is 10.1. The maximum Gasteiger partial charge on any atom is 0.238 e. The highest BCUT2D eigenvalue weighted by Gasteiger charge is 2.23. The molecule has 0 aliphatic carbocycles. The van der Waals surface area contributed by atoms with Crippen molar-refractivity contribution in [2.75, 3.05) is 43.8 Å². The molecule has 1 saturated heterocycles. The molecule has 0 atom stereocenters. The fourth-order valence-electron chi connectivity index (χ4n) is 3.68. The monoisotopic (exact) mass is 452 g/mol. The summed E-state index contributed by atoms with van der Waals surface area (Å²) in [5.41, 5.74) is 4.01. The molecule has 2 aromatic rings. The van der Waals surface area contributed by atoms with E-state index in [2.05, 4.69) is 26.3 Å². The van der Waals surface area contributed by atoms with Gasteiger partial charge in [0.2, 0.25) is 11.8 Å². The lowest BCUT2D eigenvalue weighted by Gasteiger charge is -2.34. The summed E-state index contributed by atoms with van der Waals surface area (Å²) in [5.74, 6) is 0.769. The van der Waals surface area contributed by atoms with Gasteiger partial charge in [0.1, 0.15) is 22.5 Å². The molecule has 0 radical (unpaired) electrons. The van der Waals surface area contributed by atoms with E-state index in [1.54, 1.807) is 18.7 Å². The van der Waals surface area contributed by atoms with Gasteiger partial charge < -0.3 is 10.2 Å². The topological polar surface area (TPSA) is 102 Å². The lowest BCUT2D eigenvalue weighted by molar-refractivity contribution is -0.130. The molecule has 1 N–H and O–H groups in total. The number of thioether (sulfide) groups is 1. The van der Waals surface area contributed by atoms with Crippen LogP contribution < -0.4 is 5.32 Å². The number of rotatable bonds is 6. The Bertz CT molecular complexity index is 1040. The molecule has 3 rings (SSSR count). The quantitative estimate of drug-likeness (QED) is 0.530. The summed E-state index contributed by atoms with van der Waals surface area (Å²) in [7, 11) is 0. The Morgan fingerprint density at radius 2 is 1.75 bits per heavy atom. The van der Waals surface area contributed by atoms with Gasteiger partial charge in [-0.15, -0.1) is 0 Å². The number of amides is 2. The number of aromatic nitrogens is 2. The number of carbonyl (C=O) groups is 2. The summed E-state index contributed by atoms with van der Waals surface area (Å²) in [6.45, 7) is 10.2. The van der Waals surface area contributed by atoms with Gasteiger partial charge >= 0.3 is 0 Å². The van der Waals surface area contributed by atoms with Crippen molar-refractivity contribution < 1.29 is 9.59 Å². The SMILES string of the molecule is Cc1nc(C)c(C#N)c(SCC(=O)N2CCN(CC(=O)Nc3c(C)cccc3C)CC2)n1. The predicted octanol–water partition coefficient (Wildman–Crippen LogP) is 2.46. The minimum atomic E-state index is -0.0451. The first-order valence-electron chi connectivity index (χ1n) is 10.5. The zero-order valence-electron chi connectivity index (χ0n) is 18.9. The smallest absolute Gasteiger partial charge is 0.238 e. The summed E-state index contributed by atoms with van der Waals surface area (Å²) < 4.78 is 0. The summed E-state index contributed by atoms with van der Waals surface area (Å²) in [4.78, 5) is 37.6. The lowest BCUT2D eigenvalue weighted by Crippen LogP contribution is -2.50. The van der Waals surface area contributed by atoms with Crippen LogP contribution in [0.5, 0.6) is 0 Å². The predicted molar refractivity (Wildman–Crippen MR) is 125 cm³/mol. The van der Waals surface area contributed by atoms with Crippen LogP contribution in [0.25, 0.3) is 0 Å². The molecule has 1 fully saturated rings. The molecule has 0 unspecified atom stereocenters.